The van der Waals surface area contributed by atoms with E-state index in [4.69, 9.17) is 11.6 Å². The summed E-state index contributed by atoms with van der Waals surface area (Å²) in [7, 11) is -3.87. The van der Waals surface area contributed by atoms with E-state index >= 15 is 0 Å². The van der Waals surface area contributed by atoms with Crippen molar-refractivity contribution in [2.45, 2.75) is 11.1 Å². The van der Waals surface area contributed by atoms with Gasteiger partial charge in [-0.1, -0.05) is 35.0 Å². The van der Waals surface area contributed by atoms with Gasteiger partial charge in [0, 0.05) is 10.7 Å². The third-order valence-electron chi connectivity index (χ3n) is 3.37. The Morgan fingerprint density at radius 3 is 2.43 bits per heavy atom. The largest absolute Gasteiger partial charge is 0.471 e. The number of nitrogens with zero attached hydrogens (tertiary/aromatic N) is 2. The lowest BCUT2D eigenvalue weighted by atomic mass is 10.2. The minimum Gasteiger partial charge on any atom is -0.329 e. The zero-order chi connectivity index (χ0) is 20.4. The van der Waals surface area contributed by atoms with Crippen molar-refractivity contribution in [3.05, 3.63) is 70.8 Å². The average Bonchev–Trinajstić information content (AvgIpc) is 3.12. The molecule has 0 amide bonds. The quantitative estimate of drug-likeness (QED) is 0.634. The first-order valence-electron chi connectivity index (χ1n) is 7.61. The Morgan fingerprint density at radius 1 is 1.07 bits per heavy atom. The maximum Gasteiger partial charge on any atom is 0.471 e. The van der Waals surface area contributed by atoms with Gasteiger partial charge in [0.1, 0.15) is 0 Å². The number of nitrogens with one attached hydrogen (secondary N) is 1. The summed E-state index contributed by atoms with van der Waals surface area (Å²) in [5.74, 6) is -1.75. The Balaban J connectivity index is 1.79. The molecule has 0 spiro atoms. The number of anilines is 1. The molecule has 0 atom stereocenters. The van der Waals surface area contributed by atoms with Gasteiger partial charge in [0.25, 0.3) is 10.0 Å². The number of aromatic nitrogens is 2. The second-order valence-electron chi connectivity index (χ2n) is 5.47. The minimum absolute atomic E-state index is 0.0336. The van der Waals surface area contributed by atoms with E-state index in [1.165, 1.54) is 42.5 Å². The third kappa shape index (κ3) is 4.90. The van der Waals surface area contributed by atoms with Crippen LogP contribution in [0.4, 0.5) is 18.9 Å². The molecule has 0 aliphatic carbocycles. The Labute approximate surface area is 162 Å². The van der Waals surface area contributed by atoms with E-state index in [1.807, 2.05) is 0 Å². The molecule has 146 valence electrons. The van der Waals surface area contributed by atoms with Gasteiger partial charge in [-0.25, -0.2) is 8.42 Å². The molecule has 3 aromatic rings. The predicted octanol–water partition coefficient (Wildman–Crippen LogP) is 4.71. The fourth-order valence-electron chi connectivity index (χ4n) is 2.11. The molecule has 0 saturated heterocycles. The lowest BCUT2D eigenvalue weighted by Crippen LogP contribution is -2.12. The summed E-state index contributed by atoms with van der Waals surface area (Å²) in [6.07, 6.45) is -2.19. The SMILES string of the molecule is O=S(=O)(Nc1ccc(Cl)cc1)c1cccc(C=Cc2noc(C(F)(F)F)n2)c1. The molecule has 0 saturated carbocycles. The van der Waals surface area contributed by atoms with Crippen molar-refractivity contribution < 1.29 is 26.1 Å². The molecule has 0 bridgehead atoms. The standard InChI is InChI=1S/C17H11ClF3N3O3S/c18-12-5-7-13(8-6-12)24-28(25,26)14-3-1-2-11(10-14)4-9-15-22-16(27-23-15)17(19,20)21/h1-10,24H. The van der Waals surface area contributed by atoms with Crippen LogP contribution in [0.5, 0.6) is 0 Å². The Hall–Kier alpha value is -2.85. The van der Waals surface area contributed by atoms with Crippen LogP contribution >= 0.6 is 11.6 Å². The molecule has 0 unspecified atom stereocenters. The minimum atomic E-state index is -4.74. The van der Waals surface area contributed by atoms with Crippen molar-refractivity contribution in [3.8, 4) is 0 Å². The number of hydrogen-bond donors (Lipinski definition) is 1. The van der Waals surface area contributed by atoms with Crippen molar-refractivity contribution in [1.82, 2.24) is 10.1 Å². The van der Waals surface area contributed by atoms with Gasteiger partial charge < -0.3 is 4.52 Å². The summed E-state index contributed by atoms with van der Waals surface area (Å²) < 4.78 is 68.9. The molecule has 0 radical (unpaired) electrons. The van der Waals surface area contributed by atoms with E-state index in [2.05, 4.69) is 19.4 Å². The van der Waals surface area contributed by atoms with Crippen LogP contribution in [0.15, 0.2) is 57.9 Å². The normalized spacial score (nSPS) is 12.4. The Kier molecular flexibility index (Phi) is 5.43. The van der Waals surface area contributed by atoms with Crippen molar-refractivity contribution >= 4 is 39.5 Å². The van der Waals surface area contributed by atoms with Crippen LogP contribution in [0.2, 0.25) is 5.02 Å². The van der Waals surface area contributed by atoms with E-state index in [0.29, 0.717) is 16.3 Å². The lowest BCUT2D eigenvalue weighted by molar-refractivity contribution is -0.159. The molecule has 0 fully saturated rings. The molecular weight excluding hydrogens is 419 g/mol. The van der Waals surface area contributed by atoms with Gasteiger partial charge in [-0.3, -0.25) is 4.72 Å². The lowest BCUT2D eigenvalue weighted by Gasteiger charge is -2.08. The summed E-state index contributed by atoms with van der Waals surface area (Å²) >= 11 is 5.77. The fourth-order valence-corrected chi connectivity index (χ4v) is 3.35. The highest BCUT2D eigenvalue weighted by molar-refractivity contribution is 7.92. The average molecular weight is 430 g/mol. The molecule has 1 N–H and O–H groups in total. The first-order chi connectivity index (χ1) is 13.1. The first-order valence-corrected chi connectivity index (χ1v) is 9.47. The van der Waals surface area contributed by atoms with Crippen LogP contribution in [-0.2, 0) is 16.2 Å². The Morgan fingerprint density at radius 2 is 1.79 bits per heavy atom. The van der Waals surface area contributed by atoms with E-state index < -0.39 is 22.1 Å². The number of hydrogen-bond acceptors (Lipinski definition) is 5. The van der Waals surface area contributed by atoms with Gasteiger partial charge in [-0.15, -0.1) is 0 Å². The Bertz CT molecular complexity index is 1110. The van der Waals surface area contributed by atoms with Gasteiger partial charge >= 0.3 is 12.1 Å². The number of rotatable bonds is 5. The van der Waals surface area contributed by atoms with Gasteiger partial charge in [-0.05, 0) is 48.0 Å². The highest BCUT2D eigenvalue weighted by Crippen LogP contribution is 2.27. The highest BCUT2D eigenvalue weighted by atomic mass is 35.5. The topological polar surface area (TPSA) is 85.1 Å². The van der Waals surface area contributed by atoms with Gasteiger partial charge in [0.2, 0.25) is 0 Å². The molecule has 11 heteroatoms. The van der Waals surface area contributed by atoms with E-state index in [-0.39, 0.29) is 10.7 Å². The van der Waals surface area contributed by atoms with Crippen molar-refractivity contribution in [2.75, 3.05) is 4.72 Å². The molecule has 6 nitrogen and oxygen atoms in total. The first kappa shape index (κ1) is 19.9. The van der Waals surface area contributed by atoms with Gasteiger partial charge in [0.15, 0.2) is 5.82 Å². The number of halogens is 4. The highest BCUT2D eigenvalue weighted by Gasteiger charge is 2.38. The molecule has 2 aromatic carbocycles. The van der Waals surface area contributed by atoms with Gasteiger partial charge in [-0.2, -0.15) is 18.2 Å². The molecule has 1 heterocycles. The second-order valence-corrected chi connectivity index (χ2v) is 7.59. The number of alkyl halides is 3. The maximum atomic E-state index is 12.5. The molecular formula is C17H11ClF3N3O3S. The maximum absolute atomic E-state index is 12.5. The molecule has 3 rings (SSSR count). The molecule has 28 heavy (non-hydrogen) atoms. The smallest absolute Gasteiger partial charge is 0.329 e. The molecule has 0 aliphatic heterocycles. The van der Waals surface area contributed by atoms with Crippen LogP contribution in [0, 0.1) is 0 Å². The van der Waals surface area contributed by atoms with Gasteiger partial charge in [0.05, 0.1) is 4.90 Å². The van der Waals surface area contributed by atoms with Crippen LogP contribution in [0.3, 0.4) is 0 Å². The number of benzene rings is 2. The zero-order valence-corrected chi connectivity index (χ0v) is 15.4. The van der Waals surface area contributed by atoms with E-state index in [9.17, 15) is 21.6 Å². The third-order valence-corrected chi connectivity index (χ3v) is 5.00. The summed E-state index contributed by atoms with van der Waals surface area (Å²) in [4.78, 5) is 3.17. The van der Waals surface area contributed by atoms with Crippen molar-refractivity contribution in [2.24, 2.45) is 0 Å². The molecule has 0 aliphatic rings. The van der Waals surface area contributed by atoms with Crippen LogP contribution in [-0.4, -0.2) is 18.6 Å². The van der Waals surface area contributed by atoms with Crippen molar-refractivity contribution in [1.29, 1.82) is 0 Å². The van der Waals surface area contributed by atoms with Crippen LogP contribution < -0.4 is 4.72 Å². The number of sulfonamides is 1. The fraction of sp³-hybridized carbons (Fsp3) is 0.0588. The summed E-state index contributed by atoms with van der Waals surface area (Å²) in [5.41, 5.74) is 0.745. The van der Waals surface area contributed by atoms with Crippen molar-refractivity contribution in [3.63, 3.8) is 0 Å². The van der Waals surface area contributed by atoms with E-state index in [0.717, 1.165) is 0 Å². The van der Waals surface area contributed by atoms with E-state index in [1.54, 1.807) is 18.2 Å². The monoisotopic (exact) mass is 429 g/mol. The van der Waals surface area contributed by atoms with Crippen LogP contribution in [0.25, 0.3) is 12.2 Å². The summed E-state index contributed by atoms with van der Waals surface area (Å²) in [6.45, 7) is 0. The zero-order valence-electron chi connectivity index (χ0n) is 13.8. The molecule has 1 aromatic heterocycles. The summed E-state index contributed by atoms with van der Waals surface area (Å²) in [6, 6.07) is 11.9. The summed E-state index contributed by atoms with van der Waals surface area (Å²) in [5, 5.41) is 3.66. The second kappa shape index (κ2) is 7.64. The van der Waals surface area contributed by atoms with Crippen LogP contribution in [0.1, 0.15) is 17.3 Å². The predicted molar refractivity (Wildman–Crippen MR) is 96.9 cm³/mol.